The Morgan fingerprint density at radius 2 is 2.24 bits per heavy atom. The van der Waals surface area contributed by atoms with Crippen molar-refractivity contribution in [3.8, 4) is 0 Å². The van der Waals surface area contributed by atoms with Crippen molar-refractivity contribution in [3.05, 3.63) is 29.3 Å². The van der Waals surface area contributed by atoms with E-state index in [1.54, 1.807) is 0 Å². The molecule has 2 rings (SSSR count). The molecule has 0 spiro atoms. The molecule has 1 aliphatic heterocycles. The molecule has 1 N–H and O–H groups in total. The topological polar surface area (TPSA) is 12.0 Å². The number of hydrogen-bond acceptors (Lipinski definition) is 2. The molecule has 17 heavy (non-hydrogen) atoms. The second-order valence-electron chi connectivity index (χ2n) is 5.12. The number of hydrogen-bond donors (Lipinski definition) is 1. The SMILES string of the molecule is Cc1ccc(C)c(SCCC2CCCNC2)c1. The maximum absolute atomic E-state index is 3.49. The molecule has 1 fully saturated rings. The van der Waals surface area contributed by atoms with Crippen molar-refractivity contribution in [2.45, 2.75) is 38.0 Å². The van der Waals surface area contributed by atoms with Crippen LogP contribution in [-0.2, 0) is 0 Å². The molecular formula is C15H23NS. The van der Waals surface area contributed by atoms with Gasteiger partial charge in [-0.1, -0.05) is 17.7 Å². The molecule has 0 bridgehead atoms. The van der Waals surface area contributed by atoms with Gasteiger partial charge in [0.05, 0.1) is 0 Å². The van der Waals surface area contributed by atoms with Crippen LogP contribution >= 0.6 is 11.8 Å². The van der Waals surface area contributed by atoms with Crippen LogP contribution in [0.2, 0.25) is 0 Å². The Bertz CT molecular complexity index is 356. The maximum Gasteiger partial charge on any atom is 0.0104 e. The first kappa shape index (κ1) is 13.0. The van der Waals surface area contributed by atoms with Crippen molar-refractivity contribution in [2.24, 2.45) is 5.92 Å². The van der Waals surface area contributed by atoms with E-state index >= 15 is 0 Å². The van der Waals surface area contributed by atoms with Crippen LogP contribution in [0.3, 0.4) is 0 Å². The number of thioether (sulfide) groups is 1. The van der Waals surface area contributed by atoms with Crippen LogP contribution in [0.4, 0.5) is 0 Å². The van der Waals surface area contributed by atoms with Crippen molar-refractivity contribution in [3.63, 3.8) is 0 Å². The summed E-state index contributed by atoms with van der Waals surface area (Å²) in [5.41, 5.74) is 2.79. The van der Waals surface area contributed by atoms with Crippen LogP contribution in [0.5, 0.6) is 0 Å². The summed E-state index contributed by atoms with van der Waals surface area (Å²) in [7, 11) is 0. The minimum absolute atomic E-state index is 0.904. The van der Waals surface area contributed by atoms with Crippen LogP contribution in [-0.4, -0.2) is 18.8 Å². The highest BCUT2D eigenvalue weighted by molar-refractivity contribution is 7.99. The molecule has 0 aliphatic carbocycles. The Morgan fingerprint density at radius 1 is 1.35 bits per heavy atom. The largest absolute Gasteiger partial charge is 0.316 e. The lowest BCUT2D eigenvalue weighted by molar-refractivity contribution is 0.371. The van der Waals surface area contributed by atoms with Gasteiger partial charge >= 0.3 is 0 Å². The third-order valence-corrected chi connectivity index (χ3v) is 4.72. The van der Waals surface area contributed by atoms with Crippen molar-refractivity contribution < 1.29 is 0 Å². The molecule has 1 aromatic carbocycles. The molecule has 1 nitrogen and oxygen atoms in total. The first-order valence-corrected chi connectivity index (χ1v) is 7.65. The first-order valence-electron chi connectivity index (χ1n) is 6.66. The summed E-state index contributed by atoms with van der Waals surface area (Å²) in [6.07, 6.45) is 4.13. The first-order chi connectivity index (χ1) is 8.25. The third-order valence-electron chi connectivity index (χ3n) is 3.53. The molecule has 0 radical (unpaired) electrons. The molecular weight excluding hydrogens is 226 g/mol. The summed E-state index contributed by atoms with van der Waals surface area (Å²) < 4.78 is 0. The minimum Gasteiger partial charge on any atom is -0.316 e. The molecule has 1 aromatic rings. The number of piperidine rings is 1. The van der Waals surface area contributed by atoms with Crippen molar-refractivity contribution >= 4 is 11.8 Å². The zero-order valence-electron chi connectivity index (χ0n) is 11.0. The zero-order chi connectivity index (χ0) is 12.1. The fourth-order valence-corrected chi connectivity index (χ4v) is 3.60. The Balaban J connectivity index is 1.79. The van der Waals surface area contributed by atoms with E-state index in [0.29, 0.717) is 0 Å². The number of benzene rings is 1. The lowest BCUT2D eigenvalue weighted by Gasteiger charge is -2.22. The Kier molecular flexibility index (Phi) is 4.93. The minimum atomic E-state index is 0.904. The van der Waals surface area contributed by atoms with Crippen LogP contribution in [0.1, 0.15) is 30.4 Å². The smallest absolute Gasteiger partial charge is 0.0104 e. The predicted molar refractivity (Wildman–Crippen MR) is 76.9 cm³/mol. The molecule has 0 amide bonds. The van der Waals surface area contributed by atoms with Gasteiger partial charge in [0.25, 0.3) is 0 Å². The molecule has 1 unspecified atom stereocenters. The molecule has 0 saturated carbocycles. The van der Waals surface area contributed by atoms with Crippen molar-refractivity contribution in [1.29, 1.82) is 0 Å². The fourth-order valence-electron chi connectivity index (χ4n) is 2.37. The molecule has 1 atom stereocenters. The van der Waals surface area contributed by atoms with E-state index in [2.05, 4.69) is 37.4 Å². The van der Waals surface area contributed by atoms with Crippen LogP contribution in [0, 0.1) is 19.8 Å². The molecule has 1 saturated heterocycles. The van der Waals surface area contributed by atoms with Gasteiger partial charge in [-0.3, -0.25) is 0 Å². The average Bonchev–Trinajstić information content (AvgIpc) is 2.35. The average molecular weight is 249 g/mol. The van der Waals surface area contributed by atoms with Gasteiger partial charge in [-0.2, -0.15) is 0 Å². The highest BCUT2D eigenvalue weighted by Crippen LogP contribution is 2.26. The quantitative estimate of drug-likeness (QED) is 0.815. The van der Waals surface area contributed by atoms with Crippen molar-refractivity contribution in [2.75, 3.05) is 18.8 Å². The Hall–Kier alpha value is -0.470. The highest BCUT2D eigenvalue weighted by atomic mass is 32.2. The monoisotopic (exact) mass is 249 g/mol. The predicted octanol–water partition coefficient (Wildman–Crippen LogP) is 3.79. The van der Waals surface area contributed by atoms with E-state index in [0.717, 1.165) is 5.92 Å². The van der Waals surface area contributed by atoms with Gasteiger partial charge < -0.3 is 5.32 Å². The summed E-state index contributed by atoms with van der Waals surface area (Å²) in [5, 5.41) is 3.49. The standard InChI is InChI=1S/C15H23NS/c1-12-5-6-13(2)15(10-12)17-9-7-14-4-3-8-16-11-14/h5-6,10,14,16H,3-4,7-9,11H2,1-2H3. The number of nitrogens with one attached hydrogen (secondary N) is 1. The van der Waals surface area contributed by atoms with Gasteiger partial charge in [0.15, 0.2) is 0 Å². The number of aryl methyl sites for hydroxylation is 2. The zero-order valence-corrected chi connectivity index (χ0v) is 11.8. The van der Waals surface area contributed by atoms with E-state index in [4.69, 9.17) is 0 Å². The van der Waals surface area contributed by atoms with E-state index in [9.17, 15) is 0 Å². The maximum atomic E-state index is 3.49. The molecule has 2 heteroatoms. The van der Waals surface area contributed by atoms with E-state index in [-0.39, 0.29) is 0 Å². The third kappa shape index (κ3) is 4.04. The lowest BCUT2D eigenvalue weighted by Crippen LogP contribution is -2.29. The number of rotatable bonds is 4. The molecule has 0 aromatic heterocycles. The summed E-state index contributed by atoms with van der Waals surface area (Å²) in [5.74, 6) is 2.16. The summed E-state index contributed by atoms with van der Waals surface area (Å²) in [4.78, 5) is 1.47. The summed E-state index contributed by atoms with van der Waals surface area (Å²) in [6, 6.07) is 6.75. The summed E-state index contributed by atoms with van der Waals surface area (Å²) in [6.45, 7) is 6.84. The second kappa shape index (κ2) is 6.46. The molecule has 94 valence electrons. The van der Waals surface area contributed by atoms with Crippen LogP contribution in [0.15, 0.2) is 23.1 Å². The highest BCUT2D eigenvalue weighted by Gasteiger charge is 2.12. The van der Waals surface area contributed by atoms with Gasteiger partial charge in [0.2, 0.25) is 0 Å². The fraction of sp³-hybridized carbons (Fsp3) is 0.600. The Labute approximate surface area is 109 Å². The normalized spacial score (nSPS) is 20.5. The Morgan fingerprint density at radius 3 is 3.00 bits per heavy atom. The van der Waals surface area contributed by atoms with E-state index < -0.39 is 0 Å². The van der Waals surface area contributed by atoms with Crippen LogP contribution < -0.4 is 5.32 Å². The molecule has 1 heterocycles. The van der Waals surface area contributed by atoms with Gasteiger partial charge in [-0.15, -0.1) is 11.8 Å². The van der Waals surface area contributed by atoms with Gasteiger partial charge in [-0.25, -0.2) is 0 Å². The van der Waals surface area contributed by atoms with Crippen molar-refractivity contribution in [1.82, 2.24) is 5.32 Å². The van der Waals surface area contributed by atoms with E-state index in [1.165, 1.54) is 54.1 Å². The molecule has 1 aliphatic rings. The van der Waals surface area contributed by atoms with E-state index in [1.807, 2.05) is 11.8 Å². The second-order valence-corrected chi connectivity index (χ2v) is 6.26. The summed E-state index contributed by atoms with van der Waals surface area (Å²) >= 11 is 2.03. The van der Waals surface area contributed by atoms with Gasteiger partial charge in [0.1, 0.15) is 0 Å². The van der Waals surface area contributed by atoms with Gasteiger partial charge in [0, 0.05) is 4.90 Å². The van der Waals surface area contributed by atoms with Crippen LogP contribution in [0.25, 0.3) is 0 Å². The van der Waals surface area contributed by atoms with Gasteiger partial charge in [-0.05, 0) is 69.5 Å². The lowest BCUT2D eigenvalue weighted by atomic mass is 9.97.